The zero-order chi connectivity index (χ0) is 22.8. The van der Waals surface area contributed by atoms with Crippen LogP contribution >= 0.6 is 11.8 Å². The zero-order valence-electron chi connectivity index (χ0n) is 18.3. The van der Waals surface area contributed by atoms with Crippen LogP contribution in [-0.2, 0) is 11.3 Å². The van der Waals surface area contributed by atoms with Gasteiger partial charge in [-0.05, 0) is 43.2 Å². The SMILES string of the molecule is Cc1cccc(C)c1NC(=O)CSc1nnc(-c2c[nH]c3ccccc23)n1Cc1ccco1. The van der Waals surface area contributed by atoms with Gasteiger partial charge in [-0.1, -0.05) is 48.2 Å². The number of aromatic amines is 1. The number of nitrogens with one attached hydrogen (secondary N) is 2. The van der Waals surface area contributed by atoms with Crippen molar-refractivity contribution in [1.82, 2.24) is 19.7 Å². The van der Waals surface area contributed by atoms with Crippen LogP contribution in [0.4, 0.5) is 5.69 Å². The van der Waals surface area contributed by atoms with E-state index in [1.807, 2.05) is 73.1 Å². The molecule has 5 rings (SSSR count). The Morgan fingerprint density at radius 1 is 1.06 bits per heavy atom. The van der Waals surface area contributed by atoms with Crippen LogP contribution in [0.1, 0.15) is 16.9 Å². The molecule has 0 aliphatic carbocycles. The second-order valence-electron chi connectivity index (χ2n) is 7.82. The number of hydrogen-bond donors (Lipinski definition) is 2. The fraction of sp³-hybridized carbons (Fsp3) is 0.160. The quantitative estimate of drug-likeness (QED) is 0.319. The maximum atomic E-state index is 12.7. The number of thioether (sulfide) groups is 1. The van der Waals surface area contributed by atoms with Crippen LogP contribution in [0.2, 0.25) is 0 Å². The summed E-state index contributed by atoms with van der Waals surface area (Å²) in [5.74, 6) is 1.65. The third-order valence-corrected chi connectivity index (χ3v) is 6.49. The number of carbonyl (C=O) groups excluding carboxylic acids is 1. The molecule has 7 nitrogen and oxygen atoms in total. The summed E-state index contributed by atoms with van der Waals surface area (Å²) in [4.78, 5) is 16.0. The molecule has 0 fully saturated rings. The number of amides is 1. The minimum atomic E-state index is -0.0846. The standard InChI is InChI=1S/C25H23N5O2S/c1-16-7-5-8-17(2)23(16)27-22(31)15-33-25-29-28-24(30(25)14-18-9-6-12-32-18)20-13-26-21-11-4-3-10-19(20)21/h3-13,26H,14-15H2,1-2H3,(H,27,31). The van der Waals surface area contributed by atoms with E-state index in [1.54, 1.807) is 6.26 Å². The second-order valence-corrected chi connectivity index (χ2v) is 8.77. The highest BCUT2D eigenvalue weighted by molar-refractivity contribution is 7.99. The highest BCUT2D eigenvalue weighted by Gasteiger charge is 2.19. The molecule has 0 radical (unpaired) electrons. The molecule has 2 N–H and O–H groups in total. The summed E-state index contributed by atoms with van der Waals surface area (Å²) < 4.78 is 7.57. The van der Waals surface area contributed by atoms with Crippen molar-refractivity contribution in [3.63, 3.8) is 0 Å². The molecule has 0 aliphatic heterocycles. The third-order valence-electron chi connectivity index (χ3n) is 5.52. The van der Waals surface area contributed by atoms with Gasteiger partial charge < -0.3 is 14.7 Å². The maximum Gasteiger partial charge on any atom is 0.234 e. The number of aryl methyl sites for hydroxylation is 2. The summed E-state index contributed by atoms with van der Waals surface area (Å²) in [7, 11) is 0. The molecule has 33 heavy (non-hydrogen) atoms. The second kappa shape index (κ2) is 8.99. The van der Waals surface area contributed by atoms with Crippen LogP contribution in [0.25, 0.3) is 22.3 Å². The van der Waals surface area contributed by atoms with Crippen LogP contribution in [0.5, 0.6) is 0 Å². The molecule has 0 unspecified atom stereocenters. The lowest BCUT2D eigenvalue weighted by molar-refractivity contribution is -0.113. The number of hydrogen-bond acceptors (Lipinski definition) is 5. The molecule has 0 spiro atoms. The van der Waals surface area contributed by atoms with Crippen molar-refractivity contribution >= 4 is 34.3 Å². The van der Waals surface area contributed by atoms with Gasteiger partial charge in [-0.3, -0.25) is 9.36 Å². The van der Waals surface area contributed by atoms with E-state index >= 15 is 0 Å². The van der Waals surface area contributed by atoms with Gasteiger partial charge in [0, 0.05) is 28.4 Å². The van der Waals surface area contributed by atoms with Gasteiger partial charge in [0.25, 0.3) is 0 Å². The van der Waals surface area contributed by atoms with Crippen LogP contribution < -0.4 is 5.32 Å². The van der Waals surface area contributed by atoms with Crippen molar-refractivity contribution in [2.24, 2.45) is 0 Å². The van der Waals surface area contributed by atoms with E-state index in [1.165, 1.54) is 11.8 Å². The number of rotatable bonds is 7. The smallest absolute Gasteiger partial charge is 0.234 e. The largest absolute Gasteiger partial charge is 0.467 e. The number of carbonyl (C=O) groups is 1. The molecule has 2 aromatic carbocycles. The van der Waals surface area contributed by atoms with E-state index in [0.29, 0.717) is 11.7 Å². The summed E-state index contributed by atoms with van der Waals surface area (Å²) in [6, 6.07) is 17.8. The predicted octanol–water partition coefficient (Wildman–Crippen LogP) is 5.42. The molecule has 5 aromatic rings. The molecule has 0 saturated heterocycles. The third kappa shape index (κ3) is 4.29. The monoisotopic (exact) mass is 457 g/mol. The lowest BCUT2D eigenvalue weighted by Gasteiger charge is -2.12. The Hall–Kier alpha value is -3.78. The molecule has 166 valence electrons. The molecule has 1 amide bonds. The average Bonchev–Trinajstić information content (AvgIpc) is 3.55. The van der Waals surface area contributed by atoms with Gasteiger partial charge in [-0.2, -0.15) is 0 Å². The predicted molar refractivity (Wildman–Crippen MR) is 130 cm³/mol. The van der Waals surface area contributed by atoms with Crippen molar-refractivity contribution in [1.29, 1.82) is 0 Å². The molecule has 3 heterocycles. The molecule has 0 saturated carbocycles. The number of fused-ring (bicyclic) bond motifs is 1. The summed E-state index contributed by atoms with van der Waals surface area (Å²) >= 11 is 1.36. The Bertz CT molecular complexity index is 1400. The van der Waals surface area contributed by atoms with E-state index in [9.17, 15) is 4.79 Å². The first-order valence-corrected chi connectivity index (χ1v) is 11.6. The van der Waals surface area contributed by atoms with Crippen LogP contribution in [0.3, 0.4) is 0 Å². The van der Waals surface area contributed by atoms with Gasteiger partial charge in [-0.25, -0.2) is 0 Å². The highest BCUT2D eigenvalue weighted by Crippen LogP contribution is 2.31. The van der Waals surface area contributed by atoms with Crippen molar-refractivity contribution in [2.75, 3.05) is 11.1 Å². The first kappa shape index (κ1) is 21.1. The van der Waals surface area contributed by atoms with Crippen LogP contribution in [-0.4, -0.2) is 31.4 Å². The summed E-state index contributed by atoms with van der Waals surface area (Å²) in [5, 5.41) is 13.6. The van der Waals surface area contributed by atoms with E-state index < -0.39 is 0 Å². The molecular formula is C25H23N5O2S. The Balaban J connectivity index is 1.42. The summed E-state index contributed by atoms with van der Waals surface area (Å²) in [6.45, 7) is 4.45. The Morgan fingerprint density at radius 3 is 2.67 bits per heavy atom. The number of benzene rings is 2. The number of para-hydroxylation sites is 2. The van der Waals surface area contributed by atoms with Crippen molar-refractivity contribution in [2.45, 2.75) is 25.5 Å². The van der Waals surface area contributed by atoms with Gasteiger partial charge >= 0.3 is 0 Å². The first-order valence-electron chi connectivity index (χ1n) is 10.6. The molecule has 3 aromatic heterocycles. The Morgan fingerprint density at radius 2 is 1.88 bits per heavy atom. The van der Waals surface area contributed by atoms with Gasteiger partial charge in [0.1, 0.15) is 5.76 Å². The number of nitrogens with zero attached hydrogens (tertiary/aromatic N) is 3. The number of H-pyrrole nitrogens is 1. The average molecular weight is 458 g/mol. The Labute approximate surface area is 195 Å². The van der Waals surface area contributed by atoms with Gasteiger partial charge in [-0.15, -0.1) is 10.2 Å². The molecular weight excluding hydrogens is 434 g/mol. The zero-order valence-corrected chi connectivity index (χ0v) is 19.1. The first-order chi connectivity index (χ1) is 16.1. The fourth-order valence-electron chi connectivity index (χ4n) is 3.87. The number of anilines is 1. The van der Waals surface area contributed by atoms with E-state index in [-0.39, 0.29) is 11.7 Å². The molecule has 0 bridgehead atoms. The van der Waals surface area contributed by atoms with Crippen molar-refractivity contribution in [3.05, 3.63) is 83.9 Å². The van der Waals surface area contributed by atoms with Crippen LogP contribution in [0.15, 0.2) is 76.6 Å². The fourth-order valence-corrected chi connectivity index (χ4v) is 4.61. The Kier molecular flexibility index (Phi) is 5.75. The molecule has 0 atom stereocenters. The van der Waals surface area contributed by atoms with Crippen molar-refractivity contribution in [3.8, 4) is 11.4 Å². The summed E-state index contributed by atoms with van der Waals surface area (Å²) in [6.07, 6.45) is 3.59. The summed E-state index contributed by atoms with van der Waals surface area (Å²) in [5.41, 5.74) is 4.92. The van der Waals surface area contributed by atoms with E-state index in [2.05, 4.69) is 26.6 Å². The molecule has 8 heteroatoms. The topological polar surface area (TPSA) is 88.7 Å². The lowest BCUT2D eigenvalue weighted by atomic mass is 10.1. The van der Waals surface area contributed by atoms with Crippen LogP contribution in [0, 0.1) is 13.8 Å². The maximum absolute atomic E-state index is 12.7. The normalized spacial score (nSPS) is 11.2. The van der Waals surface area contributed by atoms with E-state index in [4.69, 9.17) is 4.42 Å². The highest BCUT2D eigenvalue weighted by atomic mass is 32.2. The minimum Gasteiger partial charge on any atom is -0.467 e. The minimum absolute atomic E-state index is 0.0846. The van der Waals surface area contributed by atoms with Crippen molar-refractivity contribution < 1.29 is 9.21 Å². The van der Waals surface area contributed by atoms with E-state index in [0.717, 1.165) is 44.9 Å². The van der Waals surface area contributed by atoms with Gasteiger partial charge in [0.15, 0.2) is 11.0 Å². The lowest BCUT2D eigenvalue weighted by Crippen LogP contribution is -2.16. The number of furan rings is 1. The molecule has 0 aliphatic rings. The number of aromatic nitrogens is 4. The van der Waals surface area contributed by atoms with Gasteiger partial charge in [0.05, 0.1) is 18.6 Å². The van der Waals surface area contributed by atoms with Gasteiger partial charge in [0.2, 0.25) is 5.91 Å².